The van der Waals surface area contributed by atoms with Crippen molar-refractivity contribution in [3.05, 3.63) is 45.8 Å². The highest BCUT2D eigenvalue weighted by Crippen LogP contribution is 2.29. The number of anilines is 3. The first kappa shape index (κ1) is 31.8. The normalized spacial score (nSPS) is 13.2. The molecule has 214 valence electrons. The van der Waals surface area contributed by atoms with Gasteiger partial charge in [0.1, 0.15) is 11.2 Å². The van der Waals surface area contributed by atoms with E-state index in [1.54, 1.807) is 10.6 Å². The molecule has 0 saturated carbocycles. The smallest absolute Gasteiger partial charge is 0.293 e. The fourth-order valence-electron chi connectivity index (χ4n) is 4.01. The third-order valence-corrected chi connectivity index (χ3v) is 6.14. The van der Waals surface area contributed by atoms with Crippen LogP contribution in [0.2, 0.25) is 5.02 Å². The van der Waals surface area contributed by atoms with Crippen molar-refractivity contribution >= 4 is 45.9 Å². The molecule has 0 aliphatic carbocycles. The summed E-state index contributed by atoms with van der Waals surface area (Å²) in [4.78, 5) is 35.4. The fraction of sp³-hybridized carbons (Fsp3) is 0.500. The molecule has 1 fully saturated rings. The molecule has 0 atom stereocenters. The van der Waals surface area contributed by atoms with E-state index in [4.69, 9.17) is 16.3 Å². The van der Waals surface area contributed by atoms with E-state index in [0.717, 1.165) is 10.9 Å². The largest absolute Gasteiger partial charge is 0.478 e. The van der Waals surface area contributed by atoms with Crippen LogP contribution in [-0.2, 0) is 4.79 Å². The van der Waals surface area contributed by atoms with E-state index in [0.29, 0.717) is 48.4 Å². The number of piperidine rings is 1. The molecular formula is C28H40ClFN6O3. The van der Waals surface area contributed by atoms with Gasteiger partial charge in [0.15, 0.2) is 18.2 Å². The molecule has 1 aliphatic heterocycles. The minimum Gasteiger partial charge on any atom is -0.478 e. The molecular weight excluding hydrogens is 523 g/mol. The van der Waals surface area contributed by atoms with Gasteiger partial charge in [-0.15, -0.1) is 0 Å². The molecule has 0 bridgehead atoms. The molecule has 1 aliphatic rings. The van der Waals surface area contributed by atoms with Crippen molar-refractivity contribution in [2.75, 3.05) is 37.0 Å². The molecule has 2 aromatic heterocycles. The zero-order valence-corrected chi connectivity index (χ0v) is 24.6. The Morgan fingerprint density at radius 2 is 1.85 bits per heavy atom. The maximum Gasteiger partial charge on any atom is 0.293 e. The van der Waals surface area contributed by atoms with Crippen molar-refractivity contribution in [3.63, 3.8) is 0 Å². The summed E-state index contributed by atoms with van der Waals surface area (Å²) in [5.41, 5.74) is 1.11. The van der Waals surface area contributed by atoms with E-state index in [-0.39, 0.29) is 29.9 Å². The van der Waals surface area contributed by atoms with E-state index >= 15 is 0 Å². The van der Waals surface area contributed by atoms with Crippen LogP contribution < -0.4 is 25.8 Å². The van der Waals surface area contributed by atoms with E-state index < -0.39 is 6.17 Å². The van der Waals surface area contributed by atoms with Crippen LogP contribution in [-0.4, -0.2) is 53.4 Å². The summed E-state index contributed by atoms with van der Waals surface area (Å²) < 4.78 is 20.7. The van der Waals surface area contributed by atoms with Crippen molar-refractivity contribution in [1.29, 1.82) is 0 Å². The predicted molar refractivity (Wildman–Crippen MR) is 158 cm³/mol. The third kappa shape index (κ3) is 8.05. The number of nitrogens with zero attached hydrogens (tertiary/aromatic N) is 4. The van der Waals surface area contributed by atoms with Crippen LogP contribution in [0.5, 0.6) is 5.75 Å². The Hall–Kier alpha value is -3.40. The number of hydrogen-bond acceptors (Lipinski definition) is 7. The number of carbonyl (C=O) groups is 1. The predicted octanol–water partition coefficient (Wildman–Crippen LogP) is 5.88. The first-order valence-electron chi connectivity index (χ1n) is 13.5. The highest BCUT2D eigenvalue weighted by molar-refractivity contribution is 6.32. The standard InChI is InChI=1S/C24H28ClFN6O3.2C2H6/c1-14(2)32-19-5-4-17(10-15(19)11-20(23(32)34)35-13-21(33)27-3)29-22-18(25)12-28-24(30-22)31-8-6-16(26)7-9-31;2*1-2/h4-5,10-12,14,16H,6-9,13H2,1-3H3,(H,27,33)(H,28,29,30);2*1-2H3. The molecule has 39 heavy (non-hydrogen) atoms. The fourth-order valence-corrected chi connectivity index (χ4v) is 4.15. The summed E-state index contributed by atoms with van der Waals surface area (Å²) in [7, 11) is 1.50. The van der Waals surface area contributed by atoms with Crippen LogP contribution in [0.1, 0.15) is 60.4 Å². The number of ether oxygens (including phenoxy) is 1. The van der Waals surface area contributed by atoms with Crippen LogP contribution in [0.4, 0.5) is 21.8 Å². The van der Waals surface area contributed by atoms with Crippen LogP contribution in [0.3, 0.4) is 0 Å². The monoisotopic (exact) mass is 562 g/mol. The van der Waals surface area contributed by atoms with Gasteiger partial charge in [-0.25, -0.2) is 9.37 Å². The number of hydrogen-bond donors (Lipinski definition) is 2. The van der Waals surface area contributed by atoms with Gasteiger partial charge in [-0.2, -0.15) is 4.98 Å². The number of amides is 1. The minimum atomic E-state index is -0.790. The lowest BCUT2D eigenvalue weighted by Gasteiger charge is -2.28. The number of aromatic nitrogens is 3. The van der Waals surface area contributed by atoms with E-state index in [9.17, 15) is 14.0 Å². The van der Waals surface area contributed by atoms with Gasteiger partial charge in [0.2, 0.25) is 5.95 Å². The highest BCUT2D eigenvalue weighted by atomic mass is 35.5. The van der Waals surface area contributed by atoms with Crippen molar-refractivity contribution in [1.82, 2.24) is 19.9 Å². The lowest BCUT2D eigenvalue weighted by atomic mass is 10.1. The topological polar surface area (TPSA) is 101 Å². The van der Waals surface area contributed by atoms with Gasteiger partial charge >= 0.3 is 0 Å². The van der Waals surface area contributed by atoms with Gasteiger partial charge in [-0.3, -0.25) is 9.59 Å². The highest BCUT2D eigenvalue weighted by Gasteiger charge is 2.21. The Labute approximate surface area is 234 Å². The molecule has 4 rings (SSSR count). The molecule has 0 radical (unpaired) electrons. The molecule has 0 spiro atoms. The number of likely N-dealkylation sites (N-methyl/N-ethyl adjacent to an activating group) is 1. The molecule has 0 unspecified atom stereocenters. The number of rotatable bonds is 7. The average Bonchev–Trinajstić information content (AvgIpc) is 2.95. The van der Waals surface area contributed by atoms with Crippen LogP contribution in [0.25, 0.3) is 10.9 Å². The summed E-state index contributed by atoms with van der Waals surface area (Å²) in [6.45, 7) is 12.6. The summed E-state index contributed by atoms with van der Waals surface area (Å²) in [6, 6.07) is 7.02. The Kier molecular flexibility index (Phi) is 12.4. The van der Waals surface area contributed by atoms with Crippen LogP contribution in [0.15, 0.2) is 35.3 Å². The molecule has 3 aromatic rings. The molecule has 1 saturated heterocycles. The number of alkyl halides is 1. The summed E-state index contributed by atoms with van der Waals surface area (Å²) >= 11 is 6.35. The average molecular weight is 563 g/mol. The molecule has 1 aromatic carbocycles. The van der Waals surface area contributed by atoms with Crippen LogP contribution >= 0.6 is 11.6 Å². The quantitative estimate of drug-likeness (QED) is 0.370. The van der Waals surface area contributed by atoms with Crippen molar-refractivity contribution in [3.8, 4) is 5.75 Å². The van der Waals surface area contributed by atoms with E-state index in [1.807, 2.05) is 64.6 Å². The van der Waals surface area contributed by atoms with E-state index in [1.165, 1.54) is 13.2 Å². The second-order valence-electron chi connectivity index (χ2n) is 8.67. The number of pyridine rings is 1. The van der Waals surface area contributed by atoms with Gasteiger partial charge in [0.05, 0.1) is 11.7 Å². The van der Waals surface area contributed by atoms with Crippen molar-refractivity contribution in [2.45, 2.75) is 66.6 Å². The van der Waals surface area contributed by atoms with Crippen molar-refractivity contribution in [2.24, 2.45) is 0 Å². The Morgan fingerprint density at radius 1 is 1.18 bits per heavy atom. The van der Waals surface area contributed by atoms with Gasteiger partial charge < -0.3 is 24.8 Å². The number of fused-ring (bicyclic) bond motifs is 1. The summed E-state index contributed by atoms with van der Waals surface area (Å²) in [5, 5.41) is 6.78. The lowest BCUT2D eigenvalue weighted by molar-refractivity contribution is -0.122. The third-order valence-electron chi connectivity index (χ3n) is 5.86. The summed E-state index contributed by atoms with van der Waals surface area (Å²) in [5.74, 6) is 0.668. The Bertz CT molecular complexity index is 1290. The molecule has 11 heteroatoms. The lowest BCUT2D eigenvalue weighted by Crippen LogP contribution is -2.35. The maximum absolute atomic E-state index is 13.5. The second-order valence-corrected chi connectivity index (χ2v) is 9.07. The molecule has 9 nitrogen and oxygen atoms in total. The number of carbonyl (C=O) groups excluding carboxylic acids is 1. The Balaban J connectivity index is 0.00000127. The van der Waals surface area contributed by atoms with Gasteiger partial charge in [0.25, 0.3) is 11.5 Å². The SMILES string of the molecule is CC.CC.CNC(=O)COc1cc2cc(Nc3nc(N4CCC(F)CC4)ncc3Cl)ccc2n(C(C)C)c1=O. The summed E-state index contributed by atoms with van der Waals surface area (Å²) in [6.07, 6.45) is 1.63. The minimum absolute atomic E-state index is 0.0885. The van der Waals surface area contributed by atoms with Gasteiger partial charge in [-0.05, 0) is 51.0 Å². The Morgan fingerprint density at radius 3 is 2.46 bits per heavy atom. The first-order valence-corrected chi connectivity index (χ1v) is 13.9. The molecule has 2 N–H and O–H groups in total. The first-order chi connectivity index (χ1) is 18.8. The number of nitrogens with one attached hydrogen (secondary N) is 2. The van der Waals surface area contributed by atoms with Crippen LogP contribution in [0, 0.1) is 0 Å². The number of halogens is 2. The molecule has 1 amide bonds. The van der Waals surface area contributed by atoms with Gasteiger partial charge in [-0.1, -0.05) is 39.3 Å². The van der Waals surface area contributed by atoms with Crippen molar-refractivity contribution < 1.29 is 13.9 Å². The maximum atomic E-state index is 13.5. The second kappa shape index (κ2) is 15.3. The number of benzene rings is 1. The zero-order valence-electron chi connectivity index (χ0n) is 23.8. The zero-order chi connectivity index (χ0) is 29.1. The van der Waals surface area contributed by atoms with E-state index in [2.05, 4.69) is 20.6 Å². The molecule has 3 heterocycles. The van der Waals surface area contributed by atoms with Gasteiger partial charge in [0, 0.05) is 37.3 Å².